The van der Waals surface area contributed by atoms with E-state index in [9.17, 15) is 14.3 Å². The first-order valence-corrected chi connectivity index (χ1v) is 9.83. The Bertz CT molecular complexity index is 783. The third-order valence-corrected chi connectivity index (χ3v) is 6.11. The zero-order valence-corrected chi connectivity index (χ0v) is 15.4. The van der Waals surface area contributed by atoms with E-state index in [2.05, 4.69) is 14.5 Å². The predicted octanol–water partition coefficient (Wildman–Crippen LogP) is 3.83. The maximum atomic E-state index is 13.2. The quantitative estimate of drug-likeness (QED) is 0.868. The number of carboxylic acids is 1. The van der Waals surface area contributed by atoms with E-state index in [-0.39, 0.29) is 11.7 Å². The van der Waals surface area contributed by atoms with Crippen LogP contribution in [-0.2, 0) is 11.3 Å². The summed E-state index contributed by atoms with van der Waals surface area (Å²) in [5, 5.41) is 9.68. The van der Waals surface area contributed by atoms with Crippen LogP contribution in [0.25, 0.3) is 0 Å². The van der Waals surface area contributed by atoms with E-state index in [1.807, 2.05) is 12.5 Å². The summed E-state index contributed by atoms with van der Waals surface area (Å²) >= 11 is 0. The van der Waals surface area contributed by atoms with Crippen molar-refractivity contribution in [3.63, 3.8) is 0 Å². The first-order chi connectivity index (χ1) is 13.1. The van der Waals surface area contributed by atoms with Crippen LogP contribution in [0, 0.1) is 11.7 Å². The topological polar surface area (TPSA) is 58.4 Å². The summed E-state index contributed by atoms with van der Waals surface area (Å²) in [7, 11) is 0. The van der Waals surface area contributed by atoms with Crippen molar-refractivity contribution in [1.29, 1.82) is 0 Å². The van der Waals surface area contributed by atoms with Gasteiger partial charge < -0.3 is 9.67 Å². The first-order valence-electron chi connectivity index (χ1n) is 9.83. The Morgan fingerprint density at radius 1 is 1.15 bits per heavy atom. The SMILES string of the molecule is O=C(O)[C@@H]1CN(Cc2cncn2C2CCCCC2)C[C@H]1c1ccc(F)cc1. The van der Waals surface area contributed by atoms with Crippen LogP contribution in [0.2, 0.25) is 0 Å². The Hall–Kier alpha value is -2.21. The fourth-order valence-corrected chi connectivity index (χ4v) is 4.68. The number of imidazole rings is 1. The van der Waals surface area contributed by atoms with Crippen molar-refractivity contribution in [2.45, 2.75) is 50.6 Å². The number of carbonyl (C=O) groups is 1. The minimum atomic E-state index is -0.785. The Kier molecular flexibility index (Phi) is 5.25. The molecule has 2 atom stereocenters. The largest absolute Gasteiger partial charge is 0.481 e. The summed E-state index contributed by atoms with van der Waals surface area (Å²) in [6.45, 7) is 1.88. The standard InChI is InChI=1S/C21H26FN3O2/c22-16-8-6-15(7-9-16)19-12-24(13-20(19)21(26)27)11-18-10-23-14-25(18)17-4-2-1-3-5-17/h6-10,14,17,19-20H,1-5,11-13H2,(H,26,27)/t19-,20+/m0/s1. The van der Waals surface area contributed by atoms with E-state index in [0.29, 0.717) is 25.7 Å². The van der Waals surface area contributed by atoms with Crippen LogP contribution in [-0.4, -0.2) is 38.6 Å². The molecule has 0 bridgehead atoms. The summed E-state index contributed by atoms with van der Waals surface area (Å²) in [5.74, 6) is -1.67. The third-order valence-electron chi connectivity index (χ3n) is 6.11. The van der Waals surface area contributed by atoms with Gasteiger partial charge in [0.1, 0.15) is 5.82 Å². The van der Waals surface area contributed by atoms with Gasteiger partial charge >= 0.3 is 5.97 Å². The highest BCUT2D eigenvalue weighted by Crippen LogP contribution is 2.35. The molecular formula is C21H26FN3O2. The fraction of sp³-hybridized carbons (Fsp3) is 0.524. The second kappa shape index (κ2) is 7.80. The van der Waals surface area contributed by atoms with Gasteiger partial charge in [0.05, 0.1) is 17.9 Å². The molecule has 2 fully saturated rings. The van der Waals surface area contributed by atoms with Gasteiger partial charge in [0.25, 0.3) is 0 Å². The average Bonchev–Trinajstić information content (AvgIpc) is 3.31. The van der Waals surface area contributed by atoms with E-state index in [1.165, 1.54) is 44.2 Å². The lowest BCUT2D eigenvalue weighted by Gasteiger charge is -2.26. The lowest BCUT2D eigenvalue weighted by atomic mass is 9.89. The number of hydrogen-bond donors (Lipinski definition) is 1. The average molecular weight is 371 g/mol. The van der Waals surface area contributed by atoms with Crippen molar-refractivity contribution in [2.24, 2.45) is 5.92 Å². The highest BCUT2D eigenvalue weighted by Gasteiger charge is 2.38. The number of aromatic nitrogens is 2. The molecule has 6 heteroatoms. The summed E-state index contributed by atoms with van der Waals surface area (Å²) in [4.78, 5) is 18.4. The zero-order chi connectivity index (χ0) is 18.8. The minimum absolute atomic E-state index is 0.117. The van der Waals surface area contributed by atoms with Crippen LogP contribution >= 0.6 is 0 Å². The van der Waals surface area contributed by atoms with Gasteiger partial charge in [0.15, 0.2) is 0 Å². The fourth-order valence-electron chi connectivity index (χ4n) is 4.68. The molecule has 1 aliphatic carbocycles. The molecule has 0 spiro atoms. The molecule has 1 aromatic heterocycles. The summed E-state index contributed by atoms with van der Waals surface area (Å²) in [6, 6.07) is 6.77. The van der Waals surface area contributed by atoms with Crippen molar-refractivity contribution < 1.29 is 14.3 Å². The van der Waals surface area contributed by atoms with Crippen LogP contribution in [0.5, 0.6) is 0 Å². The molecule has 1 aromatic carbocycles. The molecule has 0 unspecified atom stereocenters. The number of halogens is 1. The Morgan fingerprint density at radius 3 is 2.59 bits per heavy atom. The van der Waals surface area contributed by atoms with E-state index in [0.717, 1.165) is 11.3 Å². The normalized spacial score (nSPS) is 24.3. The zero-order valence-electron chi connectivity index (χ0n) is 15.4. The molecule has 1 aliphatic heterocycles. The number of likely N-dealkylation sites (tertiary alicyclic amines) is 1. The summed E-state index contributed by atoms with van der Waals surface area (Å²) in [6.07, 6.45) is 10.1. The number of nitrogens with zero attached hydrogens (tertiary/aromatic N) is 3. The highest BCUT2D eigenvalue weighted by atomic mass is 19.1. The monoisotopic (exact) mass is 371 g/mol. The van der Waals surface area contributed by atoms with E-state index < -0.39 is 11.9 Å². The van der Waals surface area contributed by atoms with Crippen molar-refractivity contribution in [3.05, 3.63) is 53.9 Å². The number of carboxylic acid groups (broad SMARTS) is 1. The smallest absolute Gasteiger partial charge is 0.308 e. The van der Waals surface area contributed by atoms with Crippen molar-refractivity contribution in [2.75, 3.05) is 13.1 Å². The molecule has 1 saturated carbocycles. The molecule has 1 N–H and O–H groups in total. The summed E-state index contributed by atoms with van der Waals surface area (Å²) in [5.41, 5.74) is 2.05. The van der Waals surface area contributed by atoms with Crippen LogP contribution < -0.4 is 0 Å². The van der Waals surface area contributed by atoms with Gasteiger partial charge in [-0.25, -0.2) is 9.37 Å². The van der Waals surface area contributed by atoms with Crippen LogP contribution in [0.3, 0.4) is 0 Å². The Labute approximate surface area is 158 Å². The predicted molar refractivity (Wildman–Crippen MR) is 99.9 cm³/mol. The number of hydrogen-bond acceptors (Lipinski definition) is 3. The first kappa shape index (κ1) is 18.2. The Morgan fingerprint density at radius 2 is 1.89 bits per heavy atom. The lowest BCUT2D eigenvalue weighted by molar-refractivity contribution is -0.141. The molecule has 1 saturated heterocycles. The molecule has 27 heavy (non-hydrogen) atoms. The van der Waals surface area contributed by atoms with Gasteiger partial charge in [-0.1, -0.05) is 31.4 Å². The van der Waals surface area contributed by atoms with Crippen molar-refractivity contribution in [1.82, 2.24) is 14.5 Å². The molecular weight excluding hydrogens is 345 g/mol. The van der Waals surface area contributed by atoms with Crippen LogP contribution in [0.15, 0.2) is 36.8 Å². The van der Waals surface area contributed by atoms with Gasteiger partial charge in [0, 0.05) is 37.8 Å². The number of benzene rings is 1. The highest BCUT2D eigenvalue weighted by molar-refractivity contribution is 5.72. The third kappa shape index (κ3) is 3.90. The minimum Gasteiger partial charge on any atom is -0.481 e. The van der Waals surface area contributed by atoms with Gasteiger partial charge in [-0.05, 0) is 30.5 Å². The van der Waals surface area contributed by atoms with Gasteiger partial charge in [-0.2, -0.15) is 0 Å². The van der Waals surface area contributed by atoms with Gasteiger partial charge in [-0.15, -0.1) is 0 Å². The molecule has 2 heterocycles. The molecule has 0 radical (unpaired) electrons. The molecule has 4 rings (SSSR count). The number of aliphatic carboxylic acids is 1. The van der Waals surface area contributed by atoms with E-state index >= 15 is 0 Å². The second-order valence-electron chi connectivity index (χ2n) is 7.88. The van der Waals surface area contributed by atoms with Gasteiger partial charge in [0.2, 0.25) is 0 Å². The molecule has 2 aromatic rings. The lowest BCUT2D eigenvalue weighted by Crippen LogP contribution is -2.25. The molecule has 0 amide bonds. The molecule has 2 aliphatic rings. The van der Waals surface area contributed by atoms with E-state index in [1.54, 1.807) is 12.1 Å². The number of rotatable bonds is 5. The molecule has 144 valence electrons. The van der Waals surface area contributed by atoms with E-state index in [4.69, 9.17) is 0 Å². The van der Waals surface area contributed by atoms with Crippen molar-refractivity contribution in [3.8, 4) is 0 Å². The van der Waals surface area contributed by atoms with Gasteiger partial charge in [-0.3, -0.25) is 9.69 Å². The second-order valence-corrected chi connectivity index (χ2v) is 7.88. The maximum absolute atomic E-state index is 13.2. The van der Waals surface area contributed by atoms with Crippen LogP contribution in [0.1, 0.15) is 55.3 Å². The van der Waals surface area contributed by atoms with Crippen LogP contribution in [0.4, 0.5) is 4.39 Å². The summed E-state index contributed by atoms with van der Waals surface area (Å²) < 4.78 is 15.5. The Balaban J connectivity index is 1.50. The van der Waals surface area contributed by atoms with Crippen molar-refractivity contribution >= 4 is 5.97 Å². The maximum Gasteiger partial charge on any atom is 0.308 e. The molecule has 5 nitrogen and oxygen atoms in total.